The second-order valence-electron chi connectivity index (χ2n) is 6.29. The van der Waals surface area contributed by atoms with E-state index in [0.717, 1.165) is 18.7 Å². The normalized spacial score (nSPS) is 11.4. The van der Waals surface area contributed by atoms with E-state index in [1.807, 2.05) is 36.4 Å². The first kappa shape index (κ1) is 17.1. The van der Waals surface area contributed by atoms with Crippen molar-refractivity contribution in [1.29, 1.82) is 0 Å². The first-order chi connectivity index (χ1) is 12.1. The van der Waals surface area contributed by atoms with Gasteiger partial charge in [-0.1, -0.05) is 19.1 Å². The third-order valence-electron chi connectivity index (χ3n) is 4.27. The van der Waals surface area contributed by atoms with Crippen molar-refractivity contribution < 1.29 is 4.79 Å². The highest BCUT2D eigenvalue weighted by atomic mass is 16.1. The highest BCUT2D eigenvalue weighted by Gasteiger charge is 2.10. The number of hydrogen-bond acceptors (Lipinski definition) is 4. The molecule has 6 heteroatoms. The second-order valence-corrected chi connectivity index (χ2v) is 6.29. The number of fused-ring (bicyclic) bond motifs is 1. The van der Waals surface area contributed by atoms with Gasteiger partial charge in [0.1, 0.15) is 6.33 Å². The zero-order valence-corrected chi connectivity index (χ0v) is 14.8. The van der Waals surface area contributed by atoms with E-state index < -0.39 is 0 Å². The predicted octanol–water partition coefficient (Wildman–Crippen LogP) is 3.21. The van der Waals surface area contributed by atoms with Crippen LogP contribution in [0.15, 0.2) is 48.9 Å². The van der Waals surface area contributed by atoms with Gasteiger partial charge in [0.2, 0.25) is 0 Å². The van der Waals surface area contributed by atoms with Crippen LogP contribution in [0.5, 0.6) is 0 Å². The molecule has 0 bridgehead atoms. The molecule has 1 aromatic carbocycles. The lowest BCUT2D eigenvalue weighted by atomic mass is 10.1. The van der Waals surface area contributed by atoms with Crippen molar-refractivity contribution in [1.82, 2.24) is 19.5 Å². The lowest BCUT2D eigenvalue weighted by Crippen LogP contribution is -2.29. The molecule has 0 unspecified atom stereocenters. The summed E-state index contributed by atoms with van der Waals surface area (Å²) < 4.78 is 1.63. The van der Waals surface area contributed by atoms with E-state index in [2.05, 4.69) is 41.1 Å². The molecule has 6 nitrogen and oxygen atoms in total. The Hall–Kier alpha value is -2.73. The first-order valence-electron chi connectivity index (χ1n) is 8.50. The Morgan fingerprint density at radius 1 is 1.20 bits per heavy atom. The van der Waals surface area contributed by atoms with Crippen LogP contribution >= 0.6 is 0 Å². The molecule has 1 amide bonds. The Balaban J connectivity index is 1.67. The molecular weight excluding hydrogens is 314 g/mol. The summed E-state index contributed by atoms with van der Waals surface area (Å²) in [6.07, 6.45) is 3.23. The zero-order chi connectivity index (χ0) is 17.8. The molecule has 0 aliphatic carbocycles. The Labute approximate surface area is 147 Å². The number of anilines is 1. The summed E-state index contributed by atoms with van der Waals surface area (Å²) in [6.45, 7) is 8.44. The SMILES string of the molecule is CCN(Cc1ccc(C(=O)Nc2ccc3ncnn3c2)cc1)C(C)C. The van der Waals surface area contributed by atoms with Crippen molar-refractivity contribution in [3.8, 4) is 0 Å². The number of nitrogens with one attached hydrogen (secondary N) is 1. The van der Waals surface area contributed by atoms with E-state index in [1.54, 1.807) is 10.7 Å². The molecule has 0 saturated heterocycles. The van der Waals surface area contributed by atoms with Gasteiger partial charge in [-0.25, -0.2) is 9.50 Å². The van der Waals surface area contributed by atoms with Crippen LogP contribution in [0.1, 0.15) is 36.7 Å². The monoisotopic (exact) mass is 337 g/mol. The van der Waals surface area contributed by atoms with Crippen LogP contribution in [0.2, 0.25) is 0 Å². The van der Waals surface area contributed by atoms with Gasteiger partial charge in [0.05, 0.1) is 11.9 Å². The number of carbonyl (C=O) groups excluding carboxylic acids is 1. The summed E-state index contributed by atoms with van der Waals surface area (Å²) in [5, 5.41) is 6.96. The van der Waals surface area contributed by atoms with Gasteiger partial charge in [0, 0.05) is 18.2 Å². The minimum absolute atomic E-state index is 0.137. The summed E-state index contributed by atoms with van der Waals surface area (Å²) in [4.78, 5) is 18.9. The van der Waals surface area contributed by atoms with Gasteiger partial charge in [-0.3, -0.25) is 9.69 Å². The molecule has 130 valence electrons. The average Bonchev–Trinajstić information content (AvgIpc) is 3.07. The Morgan fingerprint density at radius 2 is 1.96 bits per heavy atom. The fraction of sp³-hybridized carbons (Fsp3) is 0.316. The molecule has 0 aliphatic heterocycles. The van der Waals surface area contributed by atoms with Crippen molar-refractivity contribution in [2.24, 2.45) is 0 Å². The van der Waals surface area contributed by atoms with Gasteiger partial charge < -0.3 is 5.32 Å². The zero-order valence-electron chi connectivity index (χ0n) is 14.8. The van der Waals surface area contributed by atoms with Crippen LogP contribution in [0.3, 0.4) is 0 Å². The summed E-state index contributed by atoms with van der Waals surface area (Å²) in [7, 11) is 0. The molecule has 1 N–H and O–H groups in total. The highest BCUT2D eigenvalue weighted by molar-refractivity contribution is 6.04. The minimum atomic E-state index is -0.137. The Bertz CT molecular complexity index is 854. The molecule has 0 aliphatic rings. The number of benzene rings is 1. The van der Waals surface area contributed by atoms with Crippen LogP contribution in [-0.2, 0) is 6.54 Å². The standard InChI is InChI=1S/C19H23N5O/c1-4-23(14(2)3)11-15-5-7-16(8-6-15)19(25)22-17-9-10-18-20-13-21-24(18)12-17/h5-10,12-14H,4,11H2,1-3H3,(H,22,25). The number of rotatable bonds is 6. The molecular formula is C19H23N5O. The molecule has 3 rings (SSSR count). The van der Waals surface area contributed by atoms with Crippen LogP contribution in [0, 0.1) is 0 Å². The largest absolute Gasteiger partial charge is 0.321 e. The fourth-order valence-corrected chi connectivity index (χ4v) is 2.75. The number of aromatic nitrogens is 3. The number of amides is 1. The van der Waals surface area contributed by atoms with Crippen molar-refractivity contribution in [3.05, 3.63) is 60.0 Å². The van der Waals surface area contributed by atoms with Crippen LogP contribution in [-0.4, -0.2) is 38.0 Å². The molecule has 2 aromatic heterocycles. The molecule has 25 heavy (non-hydrogen) atoms. The molecule has 0 atom stereocenters. The van der Waals surface area contributed by atoms with Gasteiger partial charge in [-0.2, -0.15) is 5.10 Å². The minimum Gasteiger partial charge on any atom is -0.321 e. The second kappa shape index (κ2) is 7.44. The molecule has 2 heterocycles. The lowest BCUT2D eigenvalue weighted by molar-refractivity contribution is 0.102. The van der Waals surface area contributed by atoms with Crippen molar-refractivity contribution in [2.75, 3.05) is 11.9 Å². The average molecular weight is 337 g/mol. The fourth-order valence-electron chi connectivity index (χ4n) is 2.75. The molecule has 0 radical (unpaired) electrons. The number of pyridine rings is 1. The number of nitrogens with zero attached hydrogens (tertiary/aromatic N) is 4. The molecule has 0 fully saturated rings. The van der Waals surface area contributed by atoms with Crippen molar-refractivity contribution in [2.45, 2.75) is 33.4 Å². The van der Waals surface area contributed by atoms with Crippen molar-refractivity contribution in [3.63, 3.8) is 0 Å². The smallest absolute Gasteiger partial charge is 0.255 e. The number of hydrogen-bond donors (Lipinski definition) is 1. The maximum absolute atomic E-state index is 12.4. The topological polar surface area (TPSA) is 62.5 Å². The van der Waals surface area contributed by atoms with E-state index in [0.29, 0.717) is 17.3 Å². The van der Waals surface area contributed by atoms with Crippen molar-refractivity contribution >= 4 is 17.2 Å². The predicted molar refractivity (Wildman–Crippen MR) is 98.6 cm³/mol. The Morgan fingerprint density at radius 3 is 2.64 bits per heavy atom. The van der Waals surface area contributed by atoms with E-state index in [9.17, 15) is 4.79 Å². The van der Waals surface area contributed by atoms with Gasteiger partial charge in [0.25, 0.3) is 5.91 Å². The summed E-state index contributed by atoms with van der Waals surface area (Å²) >= 11 is 0. The number of carbonyl (C=O) groups is 1. The van der Waals surface area contributed by atoms with E-state index >= 15 is 0 Å². The van der Waals surface area contributed by atoms with Gasteiger partial charge >= 0.3 is 0 Å². The third-order valence-corrected chi connectivity index (χ3v) is 4.27. The third kappa shape index (κ3) is 4.03. The molecule has 3 aromatic rings. The van der Waals surface area contributed by atoms with Crippen LogP contribution in [0.4, 0.5) is 5.69 Å². The lowest BCUT2D eigenvalue weighted by Gasteiger charge is -2.24. The maximum Gasteiger partial charge on any atom is 0.255 e. The van der Waals surface area contributed by atoms with E-state index in [-0.39, 0.29) is 5.91 Å². The summed E-state index contributed by atoms with van der Waals surface area (Å²) in [5.41, 5.74) is 3.27. The van der Waals surface area contributed by atoms with E-state index in [1.165, 1.54) is 11.9 Å². The molecule has 0 saturated carbocycles. The van der Waals surface area contributed by atoms with Crippen LogP contribution < -0.4 is 5.32 Å². The maximum atomic E-state index is 12.4. The van der Waals surface area contributed by atoms with E-state index in [4.69, 9.17) is 0 Å². The Kier molecular flexibility index (Phi) is 5.09. The first-order valence-corrected chi connectivity index (χ1v) is 8.50. The quantitative estimate of drug-likeness (QED) is 0.750. The highest BCUT2D eigenvalue weighted by Crippen LogP contribution is 2.13. The molecule has 0 spiro atoms. The summed E-state index contributed by atoms with van der Waals surface area (Å²) in [5.74, 6) is -0.137. The van der Waals surface area contributed by atoms with Crippen LogP contribution in [0.25, 0.3) is 5.65 Å². The van der Waals surface area contributed by atoms with Gasteiger partial charge in [0.15, 0.2) is 5.65 Å². The van der Waals surface area contributed by atoms with Gasteiger partial charge in [-0.15, -0.1) is 0 Å². The summed E-state index contributed by atoms with van der Waals surface area (Å²) in [6, 6.07) is 11.9. The van der Waals surface area contributed by atoms with Gasteiger partial charge in [-0.05, 0) is 50.2 Å².